The smallest absolute Gasteiger partial charge is 0.320 e. The molecule has 0 heterocycles. The zero-order valence-corrected chi connectivity index (χ0v) is 8.50. The summed E-state index contributed by atoms with van der Waals surface area (Å²) in [5, 5.41) is -0.276. The number of rotatable bonds is 4. The highest BCUT2D eigenvalue weighted by Crippen LogP contribution is 2.30. The number of carbonyl (C=O) groups excluding carboxylic acids is 1. The van der Waals surface area contributed by atoms with Gasteiger partial charge in [0.15, 0.2) is 0 Å². The Morgan fingerprint density at radius 2 is 2.08 bits per heavy atom. The van der Waals surface area contributed by atoms with E-state index in [1.54, 1.807) is 0 Å². The summed E-state index contributed by atoms with van der Waals surface area (Å²) >= 11 is 0. The van der Waals surface area contributed by atoms with Gasteiger partial charge in [-0.25, -0.2) is 8.42 Å². The first-order valence-electron chi connectivity index (χ1n) is 4.00. The second kappa shape index (κ2) is 3.63. The molecule has 5 nitrogen and oxygen atoms in total. The van der Waals surface area contributed by atoms with Crippen molar-refractivity contribution in [3.05, 3.63) is 0 Å². The predicted molar refractivity (Wildman–Crippen MR) is 46.6 cm³/mol. The lowest BCUT2D eigenvalue weighted by Crippen LogP contribution is -2.34. The zero-order chi connectivity index (χ0) is 10.1. The van der Waals surface area contributed by atoms with Crippen LogP contribution in [0.25, 0.3) is 0 Å². The third-order valence-corrected chi connectivity index (χ3v) is 4.27. The molecule has 0 aromatic carbocycles. The molecule has 0 radical (unpaired) electrons. The van der Waals surface area contributed by atoms with Crippen LogP contribution in [0.2, 0.25) is 0 Å². The molecule has 0 saturated heterocycles. The fraction of sp³-hybridized carbons (Fsp3) is 0.857. The van der Waals surface area contributed by atoms with Gasteiger partial charge >= 0.3 is 5.97 Å². The molecule has 1 saturated carbocycles. The van der Waals surface area contributed by atoms with Gasteiger partial charge in [-0.3, -0.25) is 4.79 Å². The highest BCUT2D eigenvalue weighted by atomic mass is 32.2. The Balaban J connectivity index is 2.56. The highest BCUT2D eigenvalue weighted by molar-refractivity contribution is 7.90. The van der Waals surface area contributed by atoms with Crippen LogP contribution in [0, 0.1) is 0 Å². The molecule has 0 spiro atoms. The molecular formula is C7H13NO4S. The summed E-state index contributed by atoms with van der Waals surface area (Å²) in [4.78, 5) is 10.8. The summed E-state index contributed by atoms with van der Waals surface area (Å²) in [7, 11) is -0.609. The molecule has 1 aliphatic carbocycles. The third kappa shape index (κ3) is 2.41. The van der Waals surface area contributed by atoms with Crippen molar-refractivity contribution in [2.75, 3.05) is 20.7 Å². The minimum Gasteiger partial charge on any atom is -0.468 e. The largest absolute Gasteiger partial charge is 0.468 e. The van der Waals surface area contributed by atoms with E-state index in [9.17, 15) is 13.2 Å². The van der Waals surface area contributed by atoms with Crippen molar-refractivity contribution in [3.8, 4) is 0 Å². The Kier molecular flexibility index (Phi) is 2.92. The van der Waals surface area contributed by atoms with E-state index in [-0.39, 0.29) is 11.8 Å². The van der Waals surface area contributed by atoms with Gasteiger partial charge in [0, 0.05) is 7.05 Å². The second-order valence-electron chi connectivity index (χ2n) is 3.08. The molecule has 0 atom stereocenters. The normalized spacial score (nSPS) is 17.5. The third-order valence-electron chi connectivity index (χ3n) is 1.96. The Hall–Kier alpha value is -0.620. The van der Waals surface area contributed by atoms with Crippen molar-refractivity contribution >= 4 is 16.0 Å². The van der Waals surface area contributed by atoms with E-state index in [1.807, 2.05) is 0 Å². The standard InChI is InChI=1S/C7H13NO4S/c1-8(5-7(9)12-2)13(10,11)6-3-4-6/h6H,3-5H2,1-2H3. The fourth-order valence-corrected chi connectivity index (χ4v) is 2.48. The molecule has 6 heteroatoms. The van der Waals surface area contributed by atoms with Crippen molar-refractivity contribution in [1.29, 1.82) is 0 Å². The topological polar surface area (TPSA) is 63.7 Å². The summed E-state index contributed by atoms with van der Waals surface area (Å²) < 4.78 is 28.3. The quantitative estimate of drug-likeness (QED) is 0.587. The minimum absolute atomic E-state index is 0.199. The maximum absolute atomic E-state index is 11.5. The minimum atomic E-state index is -3.24. The van der Waals surface area contributed by atoms with Crippen LogP contribution in [0.15, 0.2) is 0 Å². The van der Waals surface area contributed by atoms with E-state index < -0.39 is 16.0 Å². The molecule has 13 heavy (non-hydrogen) atoms. The molecule has 0 N–H and O–H groups in total. The van der Waals surface area contributed by atoms with Crippen LogP contribution in [-0.2, 0) is 19.6 Å². The molecular weight excluding hydrogens is 194 g/mol. The molecule has 0 unspecified atom stereocenters. The first kappa shape index (κ1) is 10.5. The zero-order valence-electron chi connectivity index (χ0n) is 7.69. The number of hydrogen-bond acceptors (Lipinski definition) is 4. The molecule has 1 fully saturated rings. The van der Waals surface area contributed by atoms with Crippen LogP contribution < -0.4 is 0 Å². The Bertz CT molecular complexity index is 294. The van der Waals surface area contributed by atoms with Crippen molar-refractivity contribution in [2.45, 2.75) is 18.1 Å². The number of ether oxygens (including phenoxy) is 1. The van der Waals surface area contributed by atoms with Gasteiger partial charge in [-0.1, -0.05) is 0 Å². The van der Waals surface area contributed by atoms with Crippen molar-refractivity contribution in [3.63, 3.8) is 0 Å². The average molecular weight is 207 g/mol. The number of hydrogen-bond donors (Lipinski definition) is 0. The van der Waals surface area contributed by atoms with Gasteiger partial charge in [-0.15, -0.1) is 0 Å². The van der Waals surface area contributed by atoms with E-state index in [4.69, 9.17) is 0 Å². The average Bonchev–Trinajstić information content (AvgIpc) is 2.86. The van der Waals surface area contributed by atoms with Crippen molar-refractivity contribution < 1.29 is 17.9 Å². The van der Waals surface area contributed by atoms with Crippen molar-refractivity contribution in [2.24, 2.45) is 0 Å². The lowest BCUT2D eigenvalue weighted by Gasteiger charge is -2.14. The molecule has 0 bridgehead atoms. The number of nitrogens with zero attached hydrogens (tertiary/aromatic N) is 1. The fourth-order valence-electron chi connectivity index (χ4n) is 0.957. The number of esters is 1. The first-order valence-corrected chi connectivity index (χ1v) is 5.50. The Labute approximate surface area is 77.7 Å². The summed E-state index contributed by atoms with van der Waals surface area (Å²) in [6.45, 7) is -0.199. The van der Waals surface area contributed by atoms with Gasteiger partial charge < -0.3 is 4.74 Å². The lowest BCUT2D eigenvalue weighted by molar-refractivity contribution is -0.140. The van der Waals surface area contributed by atoms with Gasteiger partial charge in [0.25, 0.3) is 0 Å². The molecule has 0 amide bonds. The second-order valence-corrected chi connectivity index (χ2v) is 5.40. The lowest BCUT2D eigenvalue weighted by atomic mass is 10.7. The number of carbonyl (C=O) groups is 1. The summed E-state index contributed by atoms with van der Waals surface area (Å²) in [6, 6.07) is 0. The van der Waals surface area contributed by atoms with Crippen LogP contribution in [0.3, 0.4) is 0 Å². The molecule has 1 rings (SSSR count). The van der Waals surface area contributed by atoms with E-state index in [0.717, 1.165) is 4.31 Å². The van der Waals surface area contributed by atoms with E-state index in [1.165, 1.54) is 14.2 Å². The molecule has 0 aromatic heterocycles. The van der Waals surface area contributed by atoms with Gasteiger partial charge in [0.2, 0.25) is 10.0 Å². The van der Waals surface area contributed by atoms with Gasteiger partial charge in [0.1, 0.15) is 6.54 Å². The van der Waals surface area contributed by atoms with Gasteiger partial charge in [-0.05, 0) is 12.8 Å². The van der Waals surface area contributed by atoms with Crippen LogP contribution in [-0.4, -0.2) is 44.6 Å². The summed E-state index contributed by atoms with van der Waals surface area (Å²) in [5.41, 5.74) is 0. The van der Waals surface area contributed by atoms with E-state index in [0.29, 0.717) is 12.8 Å². The molecule has 1 aliphatic rings. The van der Waals surface area contributed by atoms with Gasteiger partial charge in [-0.2, -0.15) is 4.31 Å². The SMILES string of the molecule is COC(=O)CN(C)S(=O)(=O)C1CC1. The van der Waals surface area contributed by atoms with Crippen LogP contribution in [0.5, 0.6) is 0 Å². The summed E-state index contributed by atoms with van der Waals surface area (Å²) in [6.07, 6.45) is 1.40. The van der Waals surface area contributed by atoms with E-state index >= 15 is 0 Å². The molecule has 0 aliphatic heterocycles. The van der Waals surface area contributed by atoms with Gasteiger partial charge in [0.05, 0.1) is 12.4 Å². The molecule has 76 valence electrons. The maximum Gasteiger partial charge on any atom is 0.320 e. The number of methoxy groups -OCH3 is 1. The monoisotopic (exact) mass is 207 g/mol. The molecule has 0 aromatic rings. The number of sulfonamides is 1. The summed E-state index contributed by atoms with van der Waals surface area (Å²) in [5.74, 6) is -0.535. The van der Waals surface area contributed by atoms with Crippen LogP contribution in [0.1, 0.15) is 12.8 Å². The first-order chi connectivity index (χ1) is 5.98. The number of likely N-dealkylation sites (N-methyl/N-ethyl adjacent to an activating group) is 1. The van der Waals surface area contributed by atoms with E-state index in [2.05, 4.69) is 4.74 Å². The maximum atomic E-state index is 11.5. The highest BCUT2D eigenvalue weighted by Gasteiger charge is 2.39. The van der Waals surface area contributed by atoms with Crippen LogP contribution >= 0.6 is 0 Å². The van der Waals surface area contributed by atoms with Crippen molar-refractivity contribution in [1.82, 2.24) is 4.31 Å². The van der Waals surface area contributed by atoms with Crippen LogP contribution in [0.4, 0.5) is 0 Å². The predicted octanol–water partition coefficient (Wildman–Crippen LogP) is -0.417. The Morgan fingerprint density at radius 1 is 1.54 bits per heavy atom. The Morgan fingerprint density at radius 3 is 2.46 bits per heavy atom.